The van der Waals surface area contributed by atoms with Crippen LogP contribution < -0.4 is 0 Å². The molecule has 1 heterocycles. The van der Waals surface area contributed by atoms with E-state index in [0.29, 0.717) is 23.3 Å². The lowest BCUT2D eigenvalue weighted by atomic mass is 10.0. The van der Waals surface area contributed by atoms with Gasteiger partial charge in [0, 0.05) is 41.8 Å². The van der Waals surface area contributed by atoms with E-state index in [1.165, 1.54) is 0 Å². The molecule has 1 aromatic carbocycles. The zero-order valence-electron chi connectivity index (χ0n) is 13.8. The predicted octanol–water partition coefficient (Wildman–Crippen LogP) is 3.58. The molecule has 3 rings (SSSR count). The van der Waals surface area contributed by atoms with Gasteiger partial charge in [0.2, 0.25) is 5.91 Å². The highest BCUT2D eigenvalue weighted by atomic mass is 35.5. The molecule has 1 N–H and O–H groups in total. The summed E-state index contributed by atoms with van der Waals surface area (Å²) in [5, 5.41) is 10.1. The van der Waals surface area contributed by atoms with Gasteiger partial charge in [0.05, 0.1) is 6.42 Å². The van der Waals surface area contributed by atoms with Crippen LogP contribution in [-0.4, -0.2) is 47.7 Å². The first-order valence-electron chi connectivity index (χ1n) is 8.51. The van der Waals surface area contributed by atoms with Crippen LogP contribution in [0, 0.1) is 5.92 Å². The number of hydrogen-bond donors (Lipinski definition) is 1. The lowest BCUT2D eigenvalue weighted by Gasteiger charge is -2.34. The van der Waals surface area contributed by atoms with Crippen molar-refractivity contribution < 1.29 is 19.4 Å². The van der Waals surface area contributed by atoms with Crippen molar-refractivity contribution in [2.24, 2.45) is 5.92 Å². The summed E-state index contributed by atoms with van der Waals surface area (Å²) in [6.07, 6.45) is 2.23. The minimum Gasteiger partial charge on any atom is -0.481 e. The number of carbonyl (C=O) groups excluding carboxylic acids is 1. The van der Waals surface area contributed by atoms with Gasteiger partial charge in [-0.1, -0.05) is 23.2 Å². The number of rotatable bonds is 6. The van der Waals surface area contributed by atoms with E-state index in [2.05, 4.69) is 0 Å². The van der Waals surface area contributed by atoms with Crippen molar-refractivity contribution in [2.45, 2.75) is 37.6 Å². The van der Waals surface area contributed by atoms with Gasteiger partial charge in [0.25, 0.3) is 0 Å². The third-order valence-electron chi connectivity index (χ3n) is 4.90. The number of ether oxygens (including phenoxy) is 1. The summed E-state index contributed by atoms with van der Waals surface area (Å²) < 4.78 is 5.36. The van der Waals surface area contributed by atoms with E-state index in [9.17, 15) is 9.59 Å². The van der Waals surface area contributed by atoms with Crippen LogP contribution >= 0.6 is 23.2 Å². The van der Waals surface area contributed by atoms with E-state index >= 15 is 0 Å². The highest BCUT2D eigenvalue weighted by Gasteiger charge is 2.47. The predicted molar refractivity (Wildman–Crippen MR) is 95.1 cm³/mol. The number of carboxylic acid groups (broad SMARTS) is 1. The Bertz CT molecular complexity index is 640. The molecule has 1 aliphatic heterocycles. The molecule has 1 aromatic rings. The fourth-order valence-electron chi connectivity index (χ4n) is 3.52. The molecule has 0 radical (unpaired) electrons. The molecule has 0 aromatic heterocycles. The molecule has 5 nitrogen and oxygen atoms in total. The minimum absolute atomic E-state index is 0.0363. The summed E-state index contributed by atoms with van der Waals surface area (Å²) in [4.78, 5) is 25.7. The van der Waals surface area contributed by atoms with E-state index in [-0.39, 0.29) is 36.8 Å². The van der Waals surface area contributed by atoms with Gasteiger partial charge in [-0.15, -0.1) is 0 Å². The smallest absolute Gasteiger partial charge is 0.305 e. The molecule has 0 unspecified atom stereocenters. The van der Waals surface area contributed by atoms with Crippen LogP contribution in [0.4, 0.5) is 0 Å². The largest absolute Gasteiger partial charge is 0.481 e. The van der Waals surface area contributed by atoms with Crippen LogP contribution in [0.2, 0.25) is 10.0 Å². The highest BCUT2D eigenvalue weighted by Crippen LogP contribution is 2.49. The Kier molecular flexibility index (Phi) is 5.87. The van der Waals surface area contributed by atoms with Crippen molar-refractivity contribution in [2.75, 3.05) is 19.8 Å². The van der Waals surface area contributed by atoms with Crippen molar-refractivity contribution >= 4 is 35.1 Å². The zero-order chi connectivity index (χ0) is 18.0. The van der Waals surface area contributed by atoms with Gasteiger partial charge >= 0.3 is 5.97 Å². The number of carbonyl (C=O) groups is 2. The van der Waals surface area contributed by atoms with E-state index in [4.69, 9.17) is 33.0 Å². The van der Waals surface area contributed by atoms with Gasteiger partial charge in [-0.2, -0.15) is 0 Å². The molecule has 2 atom stereocenters. The monoisotopic (exact) mass is 385 g/mol. The molecule has 25 heavy (non-hydrogen) atoms. The standard InChI is InChI=1S/C18H21Cl2NO4/c19-12-7-11(8-13(20)9-12)15-10-16(15)18(24)21(4-1-17(22)23)14-2-5-25-6-3-14/h7-9,14-16H,1-6,10H2,(H,22,23)/t15-,16-/m0/s1. The molecule has 0 bridgehead atoms. The molecular formula is C18H21Cl2NO4. The number of hydrogen-bond acceptors (Lipinski definition) is 3. The third kappa shape index (κ3) is 4.66. The second-order valence-electron chi connectivity index (χ2n) is 6.67. The van der Waals surface area contributed by atoms with Crippen molar-refractivity contribution in [3.8, 4) is 0 Å². The lowest BCUT2D eigenvalue weighted by Crippen LogP contribution is -2.45. The summed E-state index contributed by atoms with van der Waals surface area (Å²) in [6, 6.07) is 5.43. The number of benzene rings is 1. The maximum Gasteiger partial charge on any atom is 0.305 e. The lowest BCUT2D eigenvalue weighted by molar-refractivity contribution is -0.141. The second-order valence-corrected chi connectivity index (χ2v) is 7.54. The van der Waals surface area contributed by atoms with Crippen LogP contribution in [0.15, 0.2) is 18.2 Å². The molecule has 1 amide bonds. The average molecular weight is 386 g/mol. The molecule has 1 aliphatic carbocycles. The van der Waals surface area contributed by atoms with Crippen LogP contribution in [0.1, 0.15) is 37.2 Å². The SMILES string of the molecule is O=C(O)CCN(C(=O)[C@H]1C[C@H]1c1cc(Cl)cc(Cl)c1)C1CCOCC1. The molecule has 136 valence electrons. The minimum atomic E-state index is -0.890. The quantitative estimate of drug-likeness (QED) is 0.812. The highest BCUT2D eigenvalue weighted by molar-refractivity contribution is 6.34. The second kappa shape index (κ2) is 7.94. The maximum absolute atomic E-state index is 13.0. The van der Waals surface area contributed by atoms with Crippen molar-refractivity contribution in [1.82, 2.24) is 4.90 Å². The van der Waals surface area contributed by atoms with Crippen LogP contribution in [-0.2, 0) is 14.3 Å². The first kappa shape index (κ1) is 18.5. The molecule has 1 saturated heterocycles. The molecule has 0 spiro atoms. The van der Waals surface area contributed by atoms with Gasteiger partial charge in [0.15, 0.2) is 0 Å². The van der Waals surface area contributed by atoms with Crippen LogP contribution in [0.5, 0.6) is 0 Å². The van der Waals surface area contributed by atoms with Crippen molar-refractivity contribution in [1.29, 1.82) is 0 Å². The van der Waals surface area contributed by atoms with E-state index in [1.807, 2.05) is 12.1 Å². The van der Waals surface area contributed by atoms with Gasteiger partial charge in [0.1, 0.15) is 0 Å². The Hall–Kier alpha value is -1.30. The van der Waals surface area contributed by atoms with Crippen molar-refractivity contribution in [3.63, 3.8) is 0 Å². The van der Waals surface area contributed by atoms with Crippen molar-refractivity contribution in [3.05, 3.63) is 33.8 Å². The molecule has 2 aliphatic rings. The Morgan fingerprint density at radius 3 is 2.40 bits per heavy atom. The fraction of sp³-hybridized carbons (Fsp3) is 0.556. The average Bonchev–Trinajstić information content (AvgIpc) is 3.35. The molecule has 1 saturated carbocycles. The fourth-order valence-corrected chi connectivity index (χ4v) is 4.07. The maximum atomic E-state index is 13.0. The summed E-state index contributed by atoms with van der Waals surface area (Å²) >= 11 is 12.1. The Morgan fingerprint density at radius 1 is 1.16 bits per heavy atom. The number of halogens is 2. The van der Waals surface area contributed by atoms with Gasteiger partial charge in [-0.05, 0) is 48.9 Å². The number of aliphatic carboxylic acids is 1. The Morgan fingerprint density at radius 2 is 1.80 bits per heavy atom. The molecule has 7 heteroatoms. The van der Waals surface area contributed by atoms with Gasteiger partial charge in [-0.3, -0.25) is 9.59 Å². The van der Waals surface area contributed by atoms with Crippen LogP contribution in [0.25, 0.3) is 0 Å². The summed E-state index contributed by atoms with van der Waals surface area (Å²) in [6.45, 7) is 1.47. The normalized spacial score (nSPS) is 23.3. The number of carboxylic acids is 1. The first-order chi connectivity index (χ1) is 12.0. The van der Waals surface area contributed by atoms with E-state index in [1.54, 1.807) is 11.0 Å². The topological polar surface area (TPSA) is 66.8 Å². The summed E-state index contributed by atoms with van der Waals surface area (Å²) in [5.41, 5.74) is 0.973. The number of amides is 1. The molecular weight excluding hydrogens is 365 g/mol. The van der Waals surface area contributed by atoms with Gasteiger partial charge < -0.3 is 14.7 Å². The summed E-state index contributed by atoms with van der Waals surface area (Å²) in [5.74, 6) is -0.866. The van der Waals surface area contributed by atoms with E-state index < -0.39 is 5.97 Å². The number of nitrogens with zero attached hydrogens (tertiary/aromatic N) is 1. The van der Waals surface area contributed by atoms with Crippen LogP contribution in [0.3, 0.4) is 0 Å². The van der Waals surface area contributed by atoms with Gasteiger partial charge in [-0.25, -0.2) is 0 Å². The first-order valence-corrected chi connectivity index (χ1v) is 9.27. The summed E-state index contributed by atoms with van der Waals surface area (Å²) in [7, 11) is 0. The zero-order valence-corrected chi connectivity index (χ0v) is 15.3. The Labute approximate surface area is 156 Å². The van der Waals surface area contributed by atoms with E-state index in [0.717, 1.165) is 24.8 Å². The third-order valence-corrected chi connectivity index (χ3v) is 5.34. The molecule has 2 fully saturated rings. The Balaban J connectivity index is 1.70.